The second kappa shape index (κ2) is 6.82. The molecule has 0 radical (unpaired) electrons. The molecule has 0 spiro atoms. The fourth-order valence-electron chi connectivity index (χ4n) is 4.41. The van der Waals surface area contributed by atoms with Crippen LogP contribution in [0.1, 0.15) is 40.9 Å². The Labute approximate surface area is 164 Å². The number of allylic oxidation sites excluding steroid dienone is 2. The molecule has 2 aromatic heterocycles. The molecule has 0 fully saturated rings. The van der Waals surface area contributed by atoms with Gasteiger partial charge in [0.15, 0.2) is 5.65 Å². The third kappa shape index (κ3) is 2.97. The standard InChI is InChI=1S/C23H24N4O/c1-16-23(28)27-15-20(24-14-21(27)25-16)9-3-2-6-17-12-18-7-4-10-26-11-5-8-19(13-17)22(18)26/h2-3,6,9,12-15,28H,4-5,7-8,10-11H2,1H3/b6-2+,9-3+. The van der Waals surface area contributed by atoms with E-state index >= 15 is 0 Å². The van der Waals surface area contributed by atoms with E-state index in [0.717, 1.165) is 5.69 Å². The maximum Gasteiger partial charge on any atom is 0.219 e. The molecule has 0 aliphatic carbocycles. The van der Waals surface area contributed by atoms with Crippen LogP contribution in [0.15, 0.2) is 36.7 Å². The van der Waals surface area contributed by atoms with Crippen molar-refractivity contribution in [2.24, 2.45) is 0 Å². The predicted octanol–water partition coefficient (Wildman–Crippen LogP) is 4.17. The molecule has 5 heteroatoms. The van der Waals surface area contributed by atoms with Gasteiger partial charge in [-0.2, -0.15) is 0 Å². The van der Waals surface area contributed by atoms with Crippen LogP contribution in [0.25, 0.3) is 17.8 Å². The second-order valence-electron chi connectivity index (χ2n) is 7.66. The summed E-state index contributed by atoms with van der Waals surface area (Å²) in [7, 11) is 0. The molecule has 5 nitrogen and oxygen atoms in total. The van der Waals surface area contributed by atoms with E-state index in [1.54, 1.807) is 23.7 Å². The first-order chi connectivity index (χ1) is 13.7. The SMILES string of the molecule is Cc1nc2cnc(/C=C/C=C/c3cc4c5c(c3)CCCN5CCC4)cn2c1O. The summed E-state index contributed by atoms with van der Waals surface area (Å²) >= 11 is 0. The van der Waals surface area contributed by atoms with Gasteiger partial charge in [0.05, 0.1) is 11.9 Å². The molecule has 28 heavy (non-hydrogen) atoms. The van der Waals surface area contributed by atoms with E-state index in [9.17, 15) is 5.11 Å². The van der Waals surface area contributed by atoms with Crippen molar-refractivity contribution >= 4 is 23.5 Å². The van der Waals surface area contributed by atoms with Gasteiger partial charge in [0.2, 0.25) is 5.88 Å². The highest BCUT2D eigenvalue weighted by molar-refractivity contribution is 5.68. The first-order valence-corrected chi connectivity index (χ1v) is 9.98. The highest BCUT2D eigenvalue weighted by Crippen LogP contribution is 2.36. The van der Waals surface area contributed by atoms with Gasteiger partial charge < -0.3 is 10.0 Å². The van der Waals surface area contributed by atoms with Crippen LogP contribution in [0, 0.1) is 6.92 Å². The zero-order chi connectivity index (χ0) is 19.1. The molecule has 0 saturated heterocycles. The lowest BCUT2D eigenvalue weighted by Gasteiger charge is -2.37. The van der Waals surface area contributed by atoms with Crippen molar-refractivity contribution in [2.45, 2.75) is 32.6 Å². The van der Waals surface area contributed by atoms with Gasteiger partial charge in [-0.3, -0.25) is 9.38 Å². The summed E-state index contributed by atoms with van der Waals surface area (Å²) in [5, 5.41) is 10.0. The van der Waals surface area contributed by atoms with Gasteiger partial charge in [-0.15, -0.1) is 0 Å². The Balaban J connectivity index is 1.37. The second-order valence-corrected chi connectivity index (χ2v) is 7.66. The lowest BCUT2D eigenvalue weighted by molar-refractivity contribution is 0.444. The Hall–Kier alpha value is -3.08. The summed E-state index contributed by atoms with van der Waals surface area (Å²) in [5.41, 5.74) is 7.83. The Morgan fingerprint density at radius 1 is 1.04 bits per heavy atom. The van der Waals surface area contributed by atoms with Crippen molar-refractivity contribution in [3.8, 4) is 5.88 Å². The molecular weight excluding hydrogens is 348 g/mol. The van der Waals surface area contributed by atoms with Crippen LogP contribution in [0.3, 0.4) is 0 Å². The van der Waals surface area contributed by atoms with Crippen LogP contribution in [0.4, 0.5) is 5.69 Å². The number of aryl methyl sites for hydroxylation is 3. The highest BCUT2D eigenvalue weighted by atomic mass is 16.3. The smallest absolute Gasteiger partial charge is 0.219 e. The van der Waals surface area contributed by atoms with Gasteiger partial charge in [-0.1, -0.05) is 18.2 Å². The zero-order valence-corrected chi connectivity index (χ0v) is 16.1. The fourth-order valence-corrected chi connectivity index (χ4v) is 4.41. The van der Waals surface area contributed by atoms with E-state index in [1.807, 2.05) is 12.2 Å². The van der Waals surface area contributed by atoms with Gasteiger partial charge in [0.1, 0.15) is 5.69 Å². The van der Waals surface area contributed by atoms with E-state index in [4.69, 9.17) is 0 Å². The third-order valence-electron chi connectivity index (χ3n) is 5.69. The number of fused-ring (bicyclic) bond motifs is 1. The zero-order valence-electron chi connectivity index (χ0n) is 16.1. The lowest BCUT2D eigenvalue weighted by atomic mass is 9.90. The summed E-state index contributed by atoms with van der Waals surface area (Å²) in [6.07, 6.45) is 16.5. The maximum absolute atomic E-state index is 10.0. The summed E-state index contributed by atoms with van der Waals surface area (Å²) in [5.74, 6) is 0.166. The normalized spacial score (nSPS) is 16.4. The first kappa shape index (κ1) is 17.0. The molecule has 4 heterocycles. The molecule has 0 unspecified atom stereocenters. The molecule has 142 valence electrons. The number of aromatic nitrogens is 3. The summed E-state index contributed by atoms with van der Waals surface area (Å²) in [4.78, 5) is 11.2. The van der Waals surface area contributed by atoms with E-state index in [0.29, 0.717) is 11.3 Å². The number of hydrogen-bond acceptors (Lipinski definition) is 4. The average Bonchev–Trinajstić information content (AvgIpc) is 2.99. The number of rotatable bonds is 3. The summed E-state index contributed by atoms with van der Waals surface area (Å²) in [6, 6.07) is 4.69. The Kier molecular flexibility index (Phi) is 4.15. The minimum absolute atomic E-state index is 0.166. The molecule has 1 aromatic carbocycles. The van der Waals surface area contributed by atoms with Crippen LogP contribution in [0.2, 0.25) is 0 Å². The number of hydrogen-bond donors (Lipinski definition) is 1. The van der Waals surface area contributed by atoms with E-state index in [-0.39, 0.29) is 5.88 Å². The number of aromatic hydroxyl groups is 1. The van der Waals surface area contributed by atoms with Crippen LogP contribution < -0.4 is 4.90 Å². The summed E-state index contributed by atoms with van der Waals surface area (Å²) < 4.78 is 1.66. The molecule has 0 bridgehead atoms. The molecule has 0 atom stereocenters. The fraction of sp³-hybridized carbons (Fsp3) is 0.304. The minimum atomic E-state index is 0.166. The number of nitrogens with zero attached hydrogens (tertiary/aromatic N) is 4. The van der Waals surface area contributed by atoms with Gasteiger partial charge >= 0.3 is 0 Å². The quantitative estimate of drug-likeness (QED) is 0.701. The average molecular weight is 372 g/mol. The Morgan fingerprint density at radius 3 is 2.50 bits per heavy atom. The number of anilines is 1. The van der Waals surface area contributed by atoms with Crippen molar-refractivity contribution in [1.82, 2.24) is 14.4 Å². The highest BCUT2D eigenvalue weighted by Gasteiger charge is 2.23. The van der Waals surface area contributed by atoms with Gasteiger partial charge in [-0.05, 0) is 67.5 Å². The molecule has 5 rings (SSSR count). The molecular formula is C23H24N4O. The van der Waals surface area contributed by atoms with Gasteiger partial charge in [0.25, 0.3) is 0 Å². The van der Waals surface area contributed by atoms with Gasteiger partial charge in [0, 0.05) is 25.0 Å². The first-order valence-electron chi connectivity index (χ1n) is 9.98. The monoisotopic (exact) mass is 372 g/mol. The molecule has 2 aliphatic rings. The van der Waals surface area contributed by atoms with E-state index in [2.05, 4.69) is 39.2 Å². The van der Waals surface area contributed by atoms with Crippen molar-refractivity contribution < 1.29 is 5.11 Å². The summed E-state index contributed by atoms with van der Waals surface area (Å²) in [6.45, 7) is 4.20. The molecule has 0 amide bonds. The van der Waals surface area contributed by atoms with Gasteiger partial charge in [-0.25, -0.2) is 4.98 Å². The largest absolute Gasteiger partial charge is 0.493 e. The van der Waals surface area contributed by atoms with Crippen molar-refractivity contribution in [3.05, 3.63) is 64.8 Å². The predicted molar refractivity (Wildman–Crippen MR) is 113 cm³/mol. The van der Waals surface area contributed by atoms with Crippen LogP contribution >= 0.6 is 0 Å². The minimum Gasteiger partial charge on any atom is -0.493 e. The molecule has 2 aliphatic heterocycles. The molecule has 0 saturated carbocycles. The van der Waals surface area contributed by atoms with Crippen LogP contribution in [-0.4, -0.2) is 32.6 Å². The third-order valence-corrected chi connectivity index (χ3v) is 5.69. The van der Waals surface area contributed by atoms with E-state index < -0.39 is 0 Å². The molecule has 1 N–H and O–H groups in total. The Bertz CT molecular complexity index is 1080. The lowest BCUT2D eigenvalue weighted by Crippen LogP contribution is -2.34. The van der Waals surface area contributed by atoms with Crippen molar-refractivity contribution in [1.29, 1.82) is 0 Å². The van der Waals surface area contributed by atoms with Crippen LogP contribution in [0.5, 0.6) is 5.88 Å². The Morgan fingerprint density at radius 2 is 1.75 bits per heavy atom. The van der Waals surface area contributed by atoms with Crippen LogP contribution in [-0.2, 0) is 12.8 Å². The molecule has 3 aromatic rings. The number of imidazole rings is 1. The van der Waals surface area contributed by atoms with Crippen molar-refractivity contribution in [3.63, 3.8) is 0 Å². The topological polar surface area (TPSA) is 53.7 Å². The van der Waals surface area contributed by atoms with E-state index in [1.165, 1.54) is 61.2 Å². The van der Waals surface area contributed by atoms with Crippen molar-refractivity contribution in [2.75, 3.05) is 18.0 Å². The number of benzene rings is 1. The maximum atomic E-state index is 10.0.